The summed E-state index contributed by atoms with van der Waals surface area (Å²) in [6.07, 6.45) is 4.85. The van der Waals surface area contributed by atoms with Gasteiger partial charge in [0.25, 0.3) is 5.91 Å². The topological polar surface area (TPSA) is 32.3 Å². The monoisotopic (exact) mass is 284 g/mol. The van der Waals surface area contributed by atoms with Crippen LogP contribution in [0.3, 0.4) is 0 Å². The first kappa shape index (κ1) is 14.3. The Morgan fingerprint density at radius 1 is 1.24 bits per heavy atom. The molecule has 1 N–H and O–H groups in total. The van der Waals surface area contributed by atoms with Crippen molar-refractivity contribution < 1.29 is 4.79 Å². The zero-order valence-electron chi connectivity index (χ0n) is 12.8. The number of amides is 1. The quantitative estimate of drug-likeness (QED) is 0.780. The summed E-state index contributed by atoms with van der Waals surface area (Å²) in [5.74, 6) is 0.0602. The van der Waals surface area contributed by atoms with Crippen LogP contribution in [0.5, 0.6) is 0 Å². The van der Waals surface area contributed by atoms with Gasteiger partial charge in [-0.15, -0.1) is 0 Å². The summed E-state index contributed by atoms with van der Waals surface area (Å²) < 4.78 is 0. The van der Waals surface area contributed by atoms with Crippen molar-refractivity contribution >= 4 is 5.91 Å². The molecule has 0 saturated heterocycles. The number of benzene rings is 1. The van der Waals surface area contributed by atoms with E-state index in [1.165, 1.54) is 24.0 Å². The highest BCUT2D eigenvalue weighted by Gasteiger charge is 2.28. The Bertz CT molecular complexity index is 527. The lowest BCUT2D eigenvalue weighted by atomic mass is 10.1. The third-order valence-corrected chi connectivity index (χ3v) is 4.05. The summed E-state index contributed by atoms with van der Waals surface area (Å²) in [7, 11) is 0. The second-order valence-electron chi connectivity index (χ2n) is 6.54. The van der Waals surface area contributed by atoms with Crippen molar-refractivity contribution in [3.63, 3.8) is 0 Å². The van der Waals surface area contributed by atoms with E-state index in [1.807, 2.05) is 12.1 Å². The summed E-state index contributed by atoms with van der Waals surface area (Å²) in [5, 5.41) is 3.02. The van der Waals surface area contributed by atoms with Gasteiger partial charge in [0.1, 0.15) is 0 Å². The van der Waals surface area contributed by atoms with E-state index in [0.717, 1.165) is 37.5 Å². The van der Waals surface area contributed by atoms with Crippen molar-refractivity contribution in [2.24, 2.45) is 0 Å². The lowest BCUT2D eigenvalue weighted by Gasteiger charge is -2.22. The van der Waals surface area contributed by atoms with Gasteiger partial charge >= 0.3 is 0 Å². The molecule has 0 aliphatic heterocycles. The number of rotatable bonds is 7. The standard InChI is InChI=1S/C18H24N2O/c1-13(2)11-20(17-9-10-17)12-14-3-5-15(6-4-14)18(21)19-16-7-8-16/h3-6,16-17H,1,7-12H2,2H3,(H,19,21). The highest BCUT2D eigenvalue weighted by molar-refractivity contribution is 5.94. The van der Waals surface area contributed by atoms with Crippen molar-refractivity contribution in [3.05, 3.63) is 47.5 Å². The molecule has 3 rings (SSSR count). The first-order valence-electron chi connectivity index (χ1n) is 7.90. The van der Waals surface area contributed by atoms with E-state index in [2.05, 4.69) is 35.9 Å². The Morgan fingerprint density at radius 2 is 1.90 bits per heavy atom. The highest BCUT2D eigenvalue weighted by atomic mass is 16.1. The van der Waals surface area contributed by atoms with Gasteiger partial charge in [-0.3, -0.25) is 9.69 Å². The molecule has 0 aromatic heterocycles. The third kappa shape index (κ3) is 4.18. The maximum Gasteiger partial charge on any atom is 0.251 e. The van der Waals surface area contributed by atoms with Crippen LogP contribution < -0.4 is 5.32 Å². The molecule has 0 atom stereocenters. The lowest BCUT2D eigenvalue weighted by Crippen LogP contribution is -2.27. The van der Waals surface area contributed by atoms with Crippen LogP contribution in [-0.4, -0.2) is 29.4 Å². The minimum atomic E-state index is 0.0602. The van der Waals surface area contributed by atoms with E-state index in [1.54, 1.807) is 0 Å². The van der Waals surface area contributed by atoms with E-state index in [0.29, 0.717) is 6.04 Å². The molecule has 21 heavy (non-hydrogen) atoms. The van der Waals surface area contributed by atoms with Gasteiger partial charge in [-0.05, 0) is 50.3 Å². The van der Waals surface area contributed by atoms with Crippen molar-refractivity contribution in [2.75, 3.05) is 6.54 Å². The average molecular weight is 284 g/mol. The number of hydrogen-bond donors (Lipinski definition) is 1. The average Bonchev–Trinajstić information content (AvgIpc) is 3.32. The zero-order valence-corrected chi connectivity index (χ0v) is 12.8. The van der Waals surface area contributed by atoms with E-state index >= 15 is 0 Å². The van der Waals surface area contributed by atoms with E-state index < -0.39 is 0 Å². The molecule has 2 aliphatic carbocycles. The van der Waals surface area contributed by atoms with E-state index in [9.17, 15) is 4.79 Å². The van der Waals surface area contributed by atoms with Crippen molar-refractivity contribution in [3.8, 4) is 0 Å². The van der Waals surface area contributed by atoms with Crippen LogP contribution in [0.1, 0.15) is 48.5 Å². The normalized spacial score (nSPS) is 17.8. The number of nitrogens with one attached hydrogen (secondary N) is 1. The van der Waals surface area contributed by atoms with Crippen LogP contribution in [0.2, 0.25) is 0 Å². The Morgan fingerprint density at radius 3 is 2.43 bits per heavy atom. The van der Waals surface area contributed by atoms with Crippen LogP contribution >= 0.6 is 0 Å². The molecule has 3 heteroatoms. The van der Waals surface area contributed by atoms with Crippen LogP contribution in [-0.2, 0) is 6.54 Å². The van der Waals surface area contributed by atoms with Gasteiger partial charge in [0.2, 0.25) is 0 Å². The van der Waals surface area contributed by atoms with Crippen molar-refractivity contribution in [1.29, 1.82) is 0 Å². The fourth-order valence-corrected chi connectivity index (χ4v) is 2.59. The smallest absolute Gasteiger partial charge is 0.251 e. The Hall–Kier alpha value is -1.61. The first-order valence-corrected chi connectivity index (χ1v) is 7.90. The molecule has 0 bridgehead atoms. The van der Waals surface area contributed by atoms with E-state index in [-0.39, 0.29) is 5.91 Å². The van der Waals surface area contributed by atoms with Crippen LogP contribution in [0.25, 0.3) is 0 Å². The number of carbonyl (C=O) groups is 1. The zero-order chi connectivity index (χ0) is 14.8. The molecule has 2 fully saturated rings. The molecule has 112 valence electrons. The Balaban J connectivity index is 1.59. The predicted octanol–water partition coefficient (Wildman–Crippen LogP) is 3.12. The second kappa shape index (κ2) is 6.02. The van der Waals surface area contributed by atoms with Gasteiger partial charge in [-0.2, -0.15) is 0 Å². The maximum atomic E-state index is 12.0. The molecule has 2 saturated carbocycles. The van der Waals surface area contributed by atoms with Gasteiger partial charge in [0.05, 0.1) is 0 Å². The first-order chi connectivity index (χ1) is 10.1. The molecule has 0 heterocycles. The number of nitrogens with zero attached hydrogens (tertiary/aromatic N) is 1. The minimum absolute atomic E-state index is 0.0602. The summed E-state index contributed by atoms with van der Waals surface area (Å²) >= 11 is 0. The second-order valence-corrected chi connectivity index (χ2v) is 6.54. The van der Waals surface area contributed by atoms with Crippen LogP contribution in [0, 0.1) is 0 Å². The number of carbonyl (C=O) groups excluding carboxylic acids is 1. The largest absolute Gasteiger partial charge is 0.349 e. The van der Waals surface area contributed by atoms with Gasteiger partial charge in [0.15, 0.2) is 0 Å². The van der Waals surface area contributed by atoms with Crippen molar-refractivity contribution in [2.45, 2.75) is 51.2 Å². The van der Waals surface area contributed by atoms with Gasteiger partial charge in [-0.25, -0.2) is 0 Å². The molecule has 1 aromatic rings. The Labute approximate surface area is 127 Å². The highest BCUT2D eigenvalue weighted by Crippen LogP contribution is 2.29. The van der Waals surface area contributed by atoms with Crippen molar-refractivity contribution in [1.82, 2.24) is 10.2 Å². The lowest BCUT2D eigenvalue weighted by molar-refractivity contribution is 0.0951. The summed E-state index contributed by atoms with van der Waals surface area (Å²) in [6, 6.07) is 9.18. The fraction of sp³-hybridized carbons (Fsp3) is 0.500. The SMILES string of the molecule is C=C(C)CN(Cc1ccc(C(=O)NC2CC2)cc1)C1CC1. The Kier molecular flexibility index (Phi) is 4.11. The van der Waals surface area contributed by atoms with Gasteiger partial charge in [-0.1, -0.05) is 24.3 Å². The van der Waals surface area contributed by atoms with E-state index in [4.69, 9.17) is 0 Å². The molecule has 0 unspecified atom stereocenters. The third-order valence-electron chi connectivity index (χ3n) is 4.05. The molecule has 3 nitrogen and oxygen atoms in total. The maximum absolute atomic E-state index is 12.0. The molecule has 1 aromatic carbocycles. The molecular formula is C18H24N2O. The molecule has 0 radical (unpaired) electrons. The number of hydrogen-bond acceptors (Lipinski definition) is 2. The summed E-state index contributed by atoms with van der Waals surface area (Å²) in [6.45, 7) is 8.02. The van der Waals surface area contributed by atoms with Crippen LogP contribution in [0.4, 0.5) is 0 Å². The molecule has 2 aliphatic rings. The molecular weight excluding hydrogens is 260 g/mol. The minimum Gasteiger partial charge on any atom is -0.349 e. The van der Waals surface area contributed by atoms with Gasteiger partial charge < -0.3 is 5.32 Å². The molecule has 0 spiro atoms. The fourth-order valence-electron chi connectivity index (χ4n) is 2.59. The predicted molar refractivity (Wildman–Crippen MR) is 85.2 cm³/mol. The van der Waals surface area contributed by atoms with Crippen LogP contribution in [0.15, 0.2) is 36.4 Å². The summed E-state index contributed by atoms with van der Waals surface area (Å²) in [4.78, 5) is 14.4. The summed E-state index contributed by atoms with van der Waals surface area (Å²) in [5.41, 5.74) is 3.25. The molecule has 1 amide bonds. The van der Waals surface area contributed by atoms with Gasteiger partial charge in [0, 0.05) is 30.7 Å².